The van der Waals surface area contributed by atoms with Crippen molar-refractivity contribution >= 4 is 22.8 Å². The van der Waals surface area contributed by atoms with E-state index in [-0.39, 0.29) is 17.5 Å². The number of nitrogens with one attached hydrogen (secondary N) is 3. The summed E-state index contributed by atoms with van der Waals surface area (Å²) in [6.07, 6.45) is 2.66. The summed E-state index contributed by atoms with van der Waals surface area (Å²) in [5, 5.41) is 6.43. The van der Waals surface area contributed by atoms with E-state index in [1.54, 1.807) is 12.1 Å². The van der Waals surface area contributed by atoms with Gasteiger partial charge in [0.25, 0.3) is 5.91 Å². The molecule has 0 unspecified atom stereocenters. The van der Waals surface area contributed by atoms with Crippen molar-refractivity contribution in [1.29, 1.82) is 0 Å². The maximum atomic E-state index is 13.9. The second-order valence-electron chi connectivity index (χ2n) is 10.3. The van der Waals surface area contributed by atoms with Crippen LogP contribution in [0.1, 0.15) is 52.2 Å². The van der Waals surface area contributed by atoms with E-state index in [2.05, 4.69) is 49.3 Å². The molecule has 3 N–H and O–H groups in total. The fraction of sp³-hybridized carbons (Fsp3) is 0.323. The molecule has 1 amide bonds. The number of piperazine rings is 1. The quantitative estimate of drug-likeness (QED) is 0.311. The van der Waals surface area contributed by atoms with Gasteiger partial charge in [0.15, 0.2) is 11.5 Å². The van der Waals surface area contributed by atoms with Gasteiger partial charge in [-0.15, -0.1) is 0 Å². The zero-order valence-electron chi connectivity index (χ0n) is 23.2. The van der Waals surface area contributed by atoms with E-state index in [4.69, 9.17) is 4.74 Å². The maximum Gasteiger partial charge on any atom is 0.255 e. The molecule has 0 bridgehead atoms. The van der Waals surface area contributed by atoms with Gasteiger partial charge in [-0.3, -0.25) is 9.69 Å². The standard InChI is InChI=1S/C31H33FN6O2/c1-19(2)40-28-15-24(18-38-11-9-33-10-12-38)21(4)13-27(28)37-31(39)23-6-5-20(3)22(14-23)7-8-25-16-34-30-29(36-25)26(32)17-35-30/h5-6,13-17,19,33H,9-12,18H2,1-4H3,(H,34,35)(H,37,39). The Bertz CT molecular complexity index is 1610. The Kier molecular flexibility index (Phi) is 8.10. The first-order chi connectivity index (χ1) is 19.3. The maximum absolute atomic E-state index is 13.9. The minimum Gasteiger partial charge on any atom is -0.489 e. The Balaban J connectivity index is 1.38. The van der Waals surface area contributed by atoms with Gasteiger partial charge >= 0.3 is 0 Å². The number of carbonyl (C=O) groups is 1. The third-order valence-corrected chi connectivity index (χ3v) is 6.81. The number of carbonyl (C=O) groups excluding carboxylic acids is 1. The van der Waals surface area contributed by atoms with Crippen LogP contribution in [0.2, 0.25) is 0 Å². The highest BCUT2D eigenvalue weighted by molar-refractivity contribution is 6.05. The molecule has 9 heteroatoms. The number of hydrogen-bond donors (Lipinski definition) is 3. The molecule has 4 aromatic rings. The lowest BCUT2D eigenvalue weighted by molar-refractivity contribution is 0.102. The van der Waals surface area contributed by atoms with Crippen LogP contribution in [0.5, 0.6) is 5.75 Å². The summed E-state index contributed by atoms with van der Waals surface area (Å²) in [6, 6.07) is 9.40. The number of benzene rings is 2. The van der Waals surface area contributed by atoms with Gasteiger partial charge in [-0.1, -0.05) is 12.0 Å². The molecule has 206 valence electrons. The molecular weight excluding hydrogens is 507 g/mol. The highest BCUT2D eigenvalue weighted by Crippen LogP contribution is 2.31. The van der Waals surface area contributed by atoms with Crippen LogP contribution >= 0.6 is 0 Å². The van der Waals surface area contributed by atoms with Crippen LogP contribution in [0, 0.1) is 31.5 Å². The minimum absolute atomic E-state index is 0.0475. The van der Waals surface area contributed by atoms with E-state index in [1.165, 1.54) is 18.0 Å². The second-order valence-corrected chi connectivity index (χ2v) is 10.3. The number of nitrogens with zero attached hydrogens (tertiary/aromatic N) is 3. The monoisotopic (exact) mass is 540 g/mol. The number of fused-ring (bicyclic) bond motifs is 1. The number of aromatic nitrogens is 3. The number of amides is 1. The van der Waals surface area contributed by atoms with Crippen LogP contribution in [0.15, 0.2) is 42.7 Å². The molecule has 0 saturated carbocycles. The van der Waals surface area contributed by atoms with Crippen molar-refractivity contribution in [3.63, 3.8) is 0 Å². The Morgan fingerprint density at radius 1 is 1.15 bits per heavy atom. The summed E-state index contributed by atoms with van der Waals surface area (Å²) in [6.45, 7) is 12.7. The lowest BCUT2D eigenvalue weighted by Crippen LogP contribution is -2.43. The molecule has 0 aliphatic carbocycles. The first-order valence-electron chi connectivity index (χ1n) is 13.4. The third-order valence-electron chi connectivity index (χ3n) is 6.81. The molecule has 1 aliphatic heterocycles. The molecule has 5 rings (SSSR count). The zero-order valence-corrected chi connectivity index (χ0v) is 23.2. The van der Waals surface area contributed by atoms with Gasteiger partial charge < -0.3 is 20.4 Å². The Labute approximate surface area is 233 Å². The van der Waals surface area contributed by atoms with Gasteiger partial charge in [0.05, 0.1) is 18.0 Å². The van der Waals surface area contributed by atoms with Crippen LogP contribution in [0.25, 0.3) is 11.2 Å². The van der Waals surface area contributed by atoms with Gasteiger partial charge in [0.2, 0.25) is 0 Å². The van der Waals surface area contributed by atoms with Crippen LogP contribution in [0.3, 0.4) is 0 Å². The number of halogens is 1. The van der Waals surface area contributed by atoms with Crippen molar-refractivity contribution in [3.8, 4) is 17.6 Å². The van der Waals surface area contributed by atoms with Crippen molar-refractivity contribution in [2.75, 3.05) is 31.5 Å². The highest BCUT2D eigenvalue weighted by atomic mass is 19.1. The topological polar surface area (TPSA) is 95.2 Å². The van der Waals surface area contributed by atoms with E-state index in [0.717, 1.165) is 43.9 Å². The zero-order chi connectivity index (χ0) is 28.2. The molecular formula is C31H33FN6O2. The van der Waals surface area contributed by atoms with E-state index >= 15 is 0 Å². The second kappa shape index (κ2) is 11.9. The molecule has 0 atom stereocenters. The summed E-state index contributed by atoms with van der Waals surface area (Å²) in [5.41, 5.74) is 5.80. The van der Waals surface area contributed by atoms with Crippen molar-refractivity contribution < 1.29 is 13.9 Å². The van der Waals surface area contributed by atoms with Gasteiger partial charge in [-0.05, 0) is 74.6 Å². The van der Waals surface area contributed by atoms with Gasteiger partial charge in [-0.2, -0.15) is 0 Å². The summed E-state index contributed by atoms with van der Waals surface area (Å²) in [5.74, 6) is 5.91. The average Bonchev–Trinajstić information content (AvgIpc) is 3.30. The molecule has 1 fully saturated rings. The number of aryl methyl sites for hydroxylation is 2. The van der Waals surface area contributed by atoms with Crippen LogP contribution in [-0.4, -0.2) is 58.0 Å². The van der Waals surface area contributed by atoms with Crippen LogP contribution in [-0.2, 0) is 6.54 Å². The predicted octanol–water partition coefficient (Wildman–Crippen LogP) is 4.56. The molecule has 1 aliphatic rings. The number of anilines is 1. The number of aromatic amines is 1. The van der Waals surface area contributed by atoms with Crippen LogP contribution < -0.4 is 15.4 Å². The summed E-state index contributed by atoms with van der Waals surface area (Å²) in [7, 11) is 0. The summed E-state index contributed by atoms with van der Waals surface area (Å²) in [4.78, 5) is 26.9. The first kappa shape index (κ1) is 27.3. The van der Waals surface area contributed by atoms with Gasteiger partial charge in [0, 0.05) is 50.0 Å². The van der Waals surface area contributed by atoms with Crippen LogP contribution in [0.4, 0.5) is 10.1 Å². The molecule has 1 saturated heterocycles. The molecule has 3 heterocycles. The Morgan fingerprint density at radius 2 is 1.95 bits per heavy atom. The fourth-order valence-electron chi connectivity index (χ4n) is 4.61. The Hall–Kier alpha value is -4.26. The number of rotatable bonds is 6. The number of hydrogen-bond acceptors (Lipinski definition) is 6. The SMILES string of the molecule is Cc1ccc(C(=O)Nc2cc(C)c(CN3CCNCC3)cc2OC(C)C)cc1C#Cc1cnc2[nH]cc(F)c2n1. The smallest absolute Gasteiger partial charge is 0.255 e. The largest absolute Gasteiger partial charge is 0.489 e. The lowest BCUT2D eigenvalue weighted by Gasteiger charge is -2.28. The number of ether oxygens (including phenoxy) is 1. The van der Waals surface area contributed by atoms with E-state index < -0.39 is 5.82 Å². The fourth-order valence-corrected chi connectivity index (χ4v) is 4.61. The molecule has 40 heavy (non-hydrogen) atoms. The third kappa shape index (κ3) is 6.30. The minimum atomic E-state index is -0.478. The normalized spacial score (nSPS) is 13.8. The summed E-state index contributed by atoms with van der Waals surface area (Å²) < 4.78 is 20.0. The average molecular weight is 541 g/mol. The highest BCUT2D eigenvalue weighted by Gasteiger charge is 2.17. The van der Waals surface area contributed by atoms with E-state index in [9.17, 15) is 9.18 Å². The molecule has 8 nitrogen and oxygen atoms in total. The Morgan fingerprint density at radius 3 is 2.73 bits per heavy atom. The molecule has 2 aromatic carbocycles. The van der Waals surface area contributed by atoms with Gasteiger partial charge in [0.1, 0.15) is 17.0 Å². The van der Waals surface area contributed by atoms with Crippen molar-refractivity contribution in [3.05, 3.63) is 82.1 Å². The van der Waals surface area contributed by atoms with Crippen molar-refractivity contribution in [2.45, 2.75) is 40.3 Å². The van der Waals surface area contributed by atoms with Crippen molar-refractivity contribution in [1.82, 2.24) is 25.2 Å². The molecule has 2 aromatic heterocycles. The summed E-state index contributed by atoms with van der Waals surface area (Å²) >= 11 is 0. The number of H-pyrrole nitrogens is 1. The predicted molar refractivity (Wildman–Crippen MR) is 154 cm³/mol. The van der Waals surface area contributed by atoms with Crippen molar-refractivity contribution in [2.24, 2.45) is 0 Å². The first-order valence-corrected chi connectivity index (χ1v) is 13.4. The molecule has 0 radical (unpaired) electrons. The lowest BCUT2D eigenvalue weighted by atomic mass is 10.0. The van der Waals surface area contributed by atoms with E-state index in [1.807, 2.05) is 39.0 Å². The van der Waals surface area contributed by atoms with E-state index in [0.29, 0.717) is 33.9 Å². The molecule has 0 spiro atoms. The van der Waals surface area contributed by atoms with Gasteiger partial charge in [-0.25, -0.2) is 14.4 Å².